The van der Waals surface area contributed by atoms with Crippen molar-refractivity contribution in [1.82, 2.24) is 19.1 Å². The molecule has 3 heterocycles. The lowest BCUT2D eigenvalue weighted by Gasteiger charge is -2.20. The monoisotopic (exact) mass is 476 g/mol. The van der Waals surface area contributed by atoms with Crippen LogP contribution in [-0.2, 0) is 0 Å². The zero-order valence-corrected chi connectivity index (χ0v) is 19.7. The molecule has 0 spiro atoms. The summed E-state index contributed by atoms with van der Waals surface area (Å²) in [6, 6.07) is 41.3. The van der Waals surface area contributed by atoms with Gasteiger partial charge in [-0.1, -0.05) is 72.8 Å². The summed E-state index contributed by atoms with van der Waals surface area (Å²) >= 11 is 0. The molecule has 0 aliphatic carbocycles. The van der Waals surface area contributed by atoms with Crippen LogP contribution in [0.5, 0.6) is 11.5 Å². The van der Waals surface area contributed by atoms with Crippen molar-refractivity contribution in [2.75, 3.05) is 0 Å². The summed E-state index contributed by atoms with van der Waals surface area (Å²) in [5, 5.41) is 0. The molecule has 0 atom stereocenters. The summed E-state index contributed by atoms with van der Waals surface area (Å²) in [4.78, 5) is 10.0. The molecule has 0 fully saturated rings. The average molecular weight is 477 g/mol. The van der Waals surface area contributed by atoms with Crippen molar-refractivity contribution in [2.24, 2.45) is 0 Å². The Morgan fingerprint density at radius 2 is 1.11 bits per heavy atom. The molecule has 0 amide bonds. The minimum Gasteiger partial charge on any atom is -0.453 e. The molecule has 0 bridgehead atoms. The third-order valence-electron chi connectivity index (χ3n) is 6.94. The van der Waals surface area contributed by atoms with E-state index in [0.29, 0.717) is 0 Å². The minimum absolute atomic E-state index is 0.822. The van der Waals surface area contributed by atoms with Crippen molar-refractivity contribution in [1.29, 1.82) is 0 Å². The molecule has 5 aromatic carbocycles. The molecule has 2 aromatic heterocycles. The van der Waals surface area contributed by atoms with E-state index >= 15 is 0 Å². The fraction of sp³-hybridized carbons (Fsp3) is 0. The van der Waals surface area contributed by atoms with E-state index in [0.717, 1.165) is 67.7 Å². The summed E-state index contributed by atoms with van der Waals surface area (Å²) in [6.07, 6.45) is 0. The summed E-state index contributed by atoms with van der Waals surface area (Å²) < 4.78 is 10.6. The van der Waals surface area contributed by atoms with E-state index < -0.39 is 0 Å². The molecule has 0 saturated carbocycles. The van der Waals surface area contributed by atoms with E-state index in [4.69, 9.17) is 14.7 Å². The summed E-state index contributed by atoms with van der Waals surface area (Å²) in [5.41, 5.74) is 8.12. The Balaban J connectivity index is 1.30. The summed E-state index contributed by atoms with van der Waals surface area (Å²) in [5.74, 6) is 3.45. The molecule has 5 heteroatoms. The standard InChI is InChI=1S/C32H20N4O/c1-2-9-23(10-3-1)35-26-13-5-4-11-24(26)33-31(35)21-17-19-22(20-18-21)32-34-25-12-8-16-29-30(25)36(32)27-14-6-7-15-28(27)37-29/h1-20H. The number of para-hydroxylation sites is 6. The highest BCUT2D eigenvalue weighted by atomic mass is 16.5. The second kappa shape index (κ2) is 7.67. The van der Waals surface area contributed by atoms with Crippen LogP contribution >= 0.6 is 0 Å². The predicted octanol–water partition coefficient (Wildman–Crippen LogP) is 7.80. The van der Waals surface area contributed by atoms with Gasteiger partial charge in [0.25, 0.3) is 0 Å². The SMILES string of the molecule is c1ccc(-n2c(-c3ccc(-c4nc5cccc6c5n4-c4ccccc4O6)cc3)nc3ccccc32)cc1. The van der Waals surface area contributed by atoms with Gasteiger partial charge in [-0.25, -0.2) is 9.97 Å². The number of aromatic nitrogens is 4. The highest BCUT2D eigenvalue weighted by Gasteiger charge is 2.24. The Bertz CT molecular complexity index is 1950. The van der Waals surface area contributed by atoms with Crippen LogP contribution in [0.15, 0.2) is 121 Å². The van der Waals surface area contributed by atoms with E-state index in [9.17, 15) is 0 Å². The zero-order valence-electron chi connectivity index (χ0n) is 19.7. The third kappa shape index (κ3) is 2.98. The smallest absolute Gasteiger partial charge is 0.153 e. The lowest BCUT2D eigenvalue weighted by Crippen LogP contribution is -2.05. The molecule has 174 valence electrons. The van der Waals surface area contributed by atoms with E-state index in [-0.39, 0.29) is 0 Å². The number of nitrogens with zero attached hydrogens (tertiary/aromatic N) is 4. The second-order valence-electron chi connectivity index (χ2n) is 9.14. The second-order valence-corrected chi connectivity index (χ2v) is 9.14. The number of imidazole rings is 2. The number of benzene rings is 5. The molecule has 1 aliphatic heterocycles. The van der Waals surface area contributed by atoms with Crippen LogP contribution in [0.25, 0.3) is 56.2 Å². The van der Waals surface area contributed by atoms with Gasteiger partial charge in [-0.2, -0.15) is 0 Å². The van der Waals surface area contributed by atoms with Crippen LogP contribution < -0.4 is 4.74 Å². The Hall–Kier alpha value is -5.16. The number of fused-ring (bicyclic) bond motifs is 3. The van der Waals surface area contributed by atoms with Crippen LogP contribution in [0.4, 0.5) is 0 Å². The summed E-state index contributed by atoms with van der Waals surface area (Å²) in [6.45, 7) is 0. The Labute approximate surface area is 212 Å². The van der Waals surface area contributed by atoms with Gasteiger partial charge < -0.3 is 4.74 Å². The maximum absolute atomic E-state index is 6.19. The molecule has 0 saturated heterocycles. The average Bonchev–Trinajstić information content (AvgIpc) is 3.54. The third-order valence-corrected chi connectivity index (χ3v) is 6.94. The van der Waals surface area contributed by atoms with Crippen LogP contribution in [-0.4, -0.2) is 19.1 Å². The topological polar surface area (TPSA) is 44.9 Å². The van der Waals surface area contributed by atoms with Gasteiger partial charge in [0.15, 0.2) is 11.5 Å². The molecule has 7 aromatic rings. The first-order valence-corrected chi connectivity index (χ1v) is 12.3. The number of ether oxygens (including phenoxy) is 1. The molecule has 0 N–H and O–H groups in total. The molecule has 1 aliphatic rings. The number of hydrogen-bond donors (Lipinski definition) is 0. The van der Waals surface area contributed by atoms with Gasteiger partial charge in [-0.15, -0.1) is 0 Å². The predicted molar refractivity (Wildman–Crippen MR) is 147 cm³/mol. The van der Waals surface area contributed by atoms with Crippen molar-refractivity contribution in [3.63, 3.8) is 0 Å². The van der Waals surface area contributed by atoms with Gasteiger partial charge in [-0.05, 0) is 48.5 Å². The van der Waals surface area contributed by atoms with Crippen LogP contribution in [0, 0.1) is 0 Å². The van der Waals surface area contributed by atoms with Crippen LogP contribution in [0.1, 0.15) is 0 Å². The Morgan fingerprint density at radius 3 is 1.95 bits per heavy atom. The maximum atomic E-state index is 6.19. The van der Waals surface area contributed by atoms with Gasteiger partial charge in [0, 0.05) is 16.8 Å². The molecular formula is C32H20N4O. The van der Waals surface area contributed by atoms with Crippen molar-refractivity contribution in [2.45, 2.75) is 0 Å². The van der Waals surface area contributed by atoms with Gasteiger partial charge in [0.1, 0.15) is 17.2 Å². The highest BCUT2D eigenvalue weighted by Crippen LogP contribution is 2.43. The molecule has 37 heavy (non-hydrogen) atoms. The maximum Gasteiger partial charge on any atom is 0.153 e. The molecule has 0 radical (unpaired) electrons. The van der Waals surface area contributed by atoms with Crippen LogP contribution in [0.2, 0.25) is 0 Å². The lowest BCUT2D eigenvalue weighted by molar-refractivity contribution is 0.476. The molecular weight excluding hydrogens is 456 g/mol. The zero-order chi connectivity index (χ0) is 24.3. The van der Waals surface area contributed by atoms with Crippen molar-refractivity contribution in [3.8, 4) is 45.6 Å². The largest absolute Gasteiger partial charge is 0.453 e. The van der Waals surface area contributed by atoms with Gasteiger partial charge >= 0.3 is 0 Å². The van der Waals surface area contributed by atoms with Crippen molar-refractivity contribution >= 4 is 22.1 Å². The molecule has 8 rings (SSSR count). The lowest BCUT2D eigenvalue weighted by atomic mass is 10.1. The first-order valence-electron chi connectivity index (χ1n) is 12.3. The van der Waals surface area contributed by atoms with Gasteiger partial charge in [-0.3, -0.25) is 9.13 Å². The quantitative estimate of drug-likeness (QED) is 0.261. The Morgan fingerprint density at radius 1 is 0.486 bits per heavy atom. The minimum atomic E-state index is 0.822. The summed E-state index contributed by atoms with van der Waals surface area (Å²) in [7, 11) is 0. The normalized spacial score (nSPS) is 12.0. The van der Waals surface area contributed by atoms with Gasteiger partial charge in [0.05, 0.1) is 22.2 Å². The van der Waals surface area contributed by atoms with Gasteiger partial charge in [0.2, 0.25) is 0 Å². The molecule has 5 nitrogen and oxygen atoms in total. The highest BCUT2D eigenvalue weighted by molar-refractivity contribution is 5.91. The van der Waals surface area contributed by atoms with E-state index in [2.05, 4.69) is 81.9 Å². The van der Waals surface area contributed by atoms with E-state index in [1.54, 1.807) is 0 Å². The van der Waals surface area contributed by atoms with E-state index in [1.807, 2.05) is 48.5 Å². The fourth-order valence-corrected chi connectivity index (χ4v) is 5.28. The van der Waals surface area contributed by atoms with Crippen LogP contribution in [0.3, 0.4) is 0 Å². The van der Waals surface area contributed by atoms with Crippen molar-refractivity contribution in [3.05, 3.63) is 121 Å². The van der Waals surface area contributed by atoms with Crippen molar-refractivity contribution < 1.29 is 4.74 Å². The number of rotatable bonds is 3. The molecule has 0 unspecified atom stereocenters. The Kier molecular flexibility index (Phi) is 4.16. The van der Waals surface area contributed by atoms with E-state index in [1.165, 1.54) is 0 Å². The first kappa shape index (κ1) is 20.1. The first-order chi connectivity index (χ1) is 18.3. The fourth-order valence-electron chi connectivity index (χ4n) is 5.28. The number of hydrogen-bond acceptors (Lipinski definition) is 3.